The van der Waals surface area contributed by atoms with Crippen molar-refractivity contribution in [3.8, 4) is 5.88 Å². The number of halogens is 2. The van der Waals surface area contributed by atoms with E-state index in [1.54, 1.807) is 0 Å². The number of hydrogen-bond acceptors (Lipinski definition) is 4. The van der Waals surface area contributed by atoms with Gasteiger partial charge in [0, 0.05) is 19.3 Å². The van der Waals surface area contributed by atoms with Crippen molar-refractivity contribution in [3.05, 3.63) is 18.3 Å². The summed E-state index contributed by atoms with van der Waals surface area (Å²) < 4.78 is 29.2. The third-order valence-electron chi connectivity index (χ3n) is 3.18. The SMILES string of the molecule is O=C(O)C1CCN(C(=O)Nc2cccnc2OCC(F)F)C1. The fourth-order valence-corrected chi connectivity index (χ4v) is 2.08. The van der Waals surface area contributed by atoms with Gasteiger partial charge in [0.2, 0.25) is 5.88 Å². The first-order valence-corrected chi connectivity index (χ1v) is 6.62. The van der Waals surface area contributed by atoms with Gasteiger partial charge in [0.25, 0.3) is 6.43 Å². The number of carbonyl (C=O) groups is 2. The summed E-state index contributed by atoms with van der Waals surface area (Å²) in [4.78, 5) is 28.1. The summed E-state index contributed by atoms with van der Waals surface area (Å²) in [5, 5.41) is 11.4. The standard InChI is InChI=1S/C13H15F2N3O4/c14-10(15)7-22-11-9(2-1-4-16-11)17-13(21)18-5-3-8(6-18)12(19)20/h1-2,4,8,10H,3,5-7H2,(H,17,21)(H,19,20). The molecule has 0 aliphatic carbocycles. The van der Waals surface area contributed by atoms with Gasteiger partial charge < -0.3 is 20.1 Å². The van der Waals surface area contributed by atoms with Gasteiger partial charge in [-0.05, 0) is 18.6 Å². The van der Waals surface area contributed by atoms with Crippen LogP contribution in [0.15, 0.2) is 18.3 Å². The molecule has 1 aromatic heterocycles. The molecule has 0 spiro atoms. The topological polar surface area (TPSA) is 91.8 Å². The van der Waals surface area contributed by atoms with Crippen molar-refractivity contribution in [1.29, 1.82) is 0 Å². The van der Waals surface area contributed by atoms with E-state index in [9.17, 15) is 18.4 Å². The molecule has 2 rings (SSSR count). The largest absolute Gasteiger partial charge is 0.481 e. The third kappa shape index (κ3) is 4.03. The lowest BCUT2D eigenvalue weighted by Crippen LogP contribution is -2.34. The lowest BCUT2D eigenvalue weighted by Gasteiger charge is -2.18. The van der Waals surface area contributed by atoms with E-state index >= 15 is 0 Å². The van der Waals surface area contributed by atoms with Crippen LogP contribution in [0.1, 0.15) is 6.42 Å². The van der Waals surface area contributed by atoms with Crippen LogP contribution in [0.5, 0.6) is 5.88 Å². The van der Waals surface area contributed by atoms with Crippen LogP contribution < -0.4 is 10.1 Å². The molecule has 1 unspecified atom stereocenters. The molecule has 0 radical (unpaired) electrons. The van der Waals surface area contributed by atoms with Crippen molar-refractivity contribution in [2.45, 2.75) is 12.8 Å². The number of carboxylic acid groups (broad SMARTS) is 1. The van der Waals surface area contributed by atoms with Gasteiger partial charge in [-0.1, -0.05) is 0 Å². The first kappa shape index (κ1) is 15.9. The fourth-order valence-electron chi connectivity index (χ4n) is 2.08. The normalized spacial score (nSPS) is 17.6. The summed E-state index contributed by atoms with van der Waals surface area (Å²) in [6.45, 7) is -0.407. The number of ether oxygens (including phenoxy) is 1. The Kier molecular flexibility index (Phi) is 5.08. The van der Waals surface area contributed by atoms with E-state index in [0.29, 0.717) is 13.0 Å². The van der Waals surface area contributed by atoms with Crippen LogP contribution in [0.2, 0.25) is 0 Å². The van der Waals surface area contributed by atoms with Crippen LogP contribution in [0, 0.1) is 5.92 Å². The molecule has 1 saturated heterocycles. The smallest absolute Gasteiger partial charge is 0.322 e. The summed E-state index contributed by atoms with van der Waals surface area (Å²) in [6.07, 6.45) is -0.919. The van der Waals surface area contributed by atoms with Crippen LogP contribution in [0.3, 0.4) is 0 Å². The molecular formula is C13H15F2N3O4. The maximum Gasteiger partial charge on any atom is 0.322 e. The molecule has 1 atom stereocenters. The number of nitrogens with one attached hydrogen (secondary N) is 1. The van der Waals surface area contributed by atoms with Crippen molar-refractivity contribution in [1.82, 2.24) is 9.88 Å². The van der Waals surface area contributed by atoms with Crippen LogP contribution in [-0.4, -0.2) is 53.1 Å². The number of alkyl halides is 2. The highest BCUT2D eigenvalue weighted by Gasteiger charge is 2.31. The number of nitrogens with zero attached hydrogens (tertiary/aromatic N) is 2. The van der Waals surface area contributed by atoms with E-state index in [2.05, 4.69) is 10.3 Å². The minimum Gasteiger partial charge on any atom is -0.481 e. The summed E-state index contributed by atoms with van der Waals surface area (Å²) in [7, 11) is 0. The van der Waals surface area contributed by atoms with Gasteiger partial charge in [0.15, 0.2) is 6.61 Å². The molecular weight excluding hydrogens is 300 g/mol. The number of hydrogen-bond donors (Lipinski definition) is 2. The van der Waals surface area contributed by atoms with Gasteiger partial charge in [-0.25, -0.2) is 18.6 Å². The van der Waals surface area contributed by atoms with Crippen molar-refractivity contribution >= 4 is 17.7 Å². The van der Waals surface area contributed by atoms with E-state index in [4.69, 9.17) is 9.84 Å². The van der Waals surface area contributed by atoms with Gasteiger partial charge in [0.05, 0.1) is 5.92 Å². The Labute approximate surface area is 124 Å². The molecule has 2 amide bonds. The molecule has 7 nitrogen and oxygen atoms in total. The number of aliphatic carboxylic acids is 1. The second-order valence-electron chi connectivity index (χ2n) is 4.76. The van der Waals surface area contributed by atoms with Gasteiger partial charge in [-0.2, -0.15) is 0 Å². The minimum atomic E-state index is -2.65. The number of urea groups is 1. The number of likely N-dealkylation sites (tertiary alicyclic amines) is 1. The molecule has 2 N–H and O–H groups in total. The van der Waals surface area contributed by atoms with Crippen molar-refractivity contribution in [2.24, 2.45) is 5.92 Å². The summed E-state index contributed by atoms with van der Waals surface area (Å²) >= 11 is 0. The Hall–Kier alpha value is -2.45. The maximum absolute atomic E-state index is 12.2. The Morgan fingerprint density at radius 3 is 2.95 bits per heavy atom. The predicted octanol–water partition coefficient (Wildman–Crippen LogP) is 1.66. The lowest BCUT2D eigenvalue weighted by atomic mass is 10.1. The van der Waals surface area contributed by atoms with Crippen molar-refractivity contribution in [3.63, 3.8) is 0 Å². The van der Waals surface area contributed by atoms with Crippen LogP contribution in [-0.2, 0) is 4.79 Å². The van der Waals surface area contributed by atoms with Crippen LogP contribution >= 0.6 is 0 Å². The molecule has 120 valence electrons. The molecule has 1 aliphatic rings. The molecule has 2 heterocycles. The first-order chi connectivity index (χ1) is 10.5. The van der Waals surface area contributed by atoms with E-state index in [1.807, 2.05) is 0 Å². The average Bonchev–Trinajstić information content (AvgIpc) is 2.96. The number of amides is 2. The zero-order valence-electron chi connectivity index (χ0n) is 11.5. The van der Waals surface area contributed by atoms with Crippen molar-refractivity contribution in [2.75, 3.05) is 25.0 Å². The molecule has 0 bridgehead atoms. The highest BCUT2D eigenvalue weighted by atomic mass is 19.3. The fraction of sp³-hybridized carbons (Fsp3) is 0.462. The average molecular weight is 315 g/mol. The van der Waals surface area contributed by atoms with Gasteiger partial charge in [-0.3, -0.25) is 4.79 Å². The number of rotatable bonds is 5. The van der Waals surface area contributed by atoms with E-state index in [0.717, 1.165) is 0 Å². The Morgan fingerprint density at radius 2 is 2.32 bits per heavy atom. The number of aromatic nitrogens is 1. The predicted molar refractivity (Wildman–Crippen MR) is 72.1 cm³/mol. The summed E-state index contributed by atoms with van der Waals surface area (Å²) in [5.74, 6) is -1.64. The van der Waals surface area contributed by atoms with Crippen LogP contribution in [0.4, 0.5) is 19.3 Å². The molecule has 0 aromatic carbocycles. The summed E-state index contributed by atoms with van der Waals surface area (Å²) in [5.41, 5.74) is 0.159. The van der Waals surface area contributed by atoms with Gasteiger partial charge >= 0.3 is 12.0 Å². The number of pyridine rings is 1. The monoisotopic (exact) mass is 315 g/mol. The van der Waals surface area contributed by atoms with Gasteiger partial charge in [0.1, 0.15) is 5.69 Å². The van der Waals surface area contributed by atoms with Gasteiger partial charge in [-0.15, -0.1) is 0 Å². The molecule has 1 aromatic rings. The van der Waals surface area contributed by atoms with Crippen molar-refractivity contribution < 1.29 is 28.2 Å². The second-order valence-corrected chi connectivity index (χ2v) is 4.76. The summed E-state index contributed by atoms with van der Waals surface area (Å²) in [6, 6.07) is 2.48. The van der Waals surface area contributed by atoms with E-state index in [-0.39, 0.29) is 18.1 Å². The van der Waals surface area contributed by atoms with E-state index in [1.165, 1.54) is 23.2 Å². The number of carbonyl (C=O) groups excluding carboxylic acids is 1. The highest BCUT2D eigenvalue weighted by Crippen LogP contribution is 2.23. The minimum absolute atomic E-state index is 0.106. The number of carboxylic acids is 1. The molecule has 22 heavy (non-hydrogen) atoms. The zero-order valence-corrected chi connectivity index (χ0v) is 11.5. The quantitative estimate of drug-likeness (QED) is 0.862. The highest BCUT2D eigenvalue weighted by molar-refractivity contribution is 5.91. The number of anilines is 1. The Balaban J connectivity index is 1.98. The zero-order chi connectivity index (χ0) is 16.1. The second kappa shape index (κ2) is 7.01. The Morgan fingerprint density at radius 1 is 1.55 bits per heavy atom. The first-order valence-electron chi connectivity index (χ1n) is 6.62. The maximum atomic E-state index is 12.2. The molecule has 9 heteroatoms. The van der Waals surface area contributed by atoms with Crippen LogP contribution in [0.25, 0.3) is 0 Å². The lowest BCUT2D eigenvalue weighted by molar-refractivity contribution is -0.141. The van der Waals surface area contributed by atoms with E-state index < -0.39 is 31.0 Å². The third-order valence-corrected chi connectivity index (χ3v) is 3.18. The molecule has 1 aliphatic heterocycles. The Bertz CT molecular complexity index is 556. The molecule has 1 fully saturated rings. The molecule has 0 saturated carbocycles.